The molecule has 1 aliphatic rings. The smallest absolute Gasteiger partial charge is 0.407 e. The van der Waals surface area contributed by atoms with Gasteiger partial charge in [-0.2, -0.15) is 5.26 Å². The molecule has 6 nitrogen and oxygen atoms in total. The molecule has 0 radical (unpaired) electrons. The van der Waals surface area contributed by atoms with Crippen molar-refractivity contribution < 1.29 is 14.3 Å². The van der Waals surface area contributed by atoms with Crippen molar-refractivity contribution in [3.05, 3.63) is 71.8 Å². The van der Waals surface area contributed by atoms with Gasteiger partial charge < -0.3 is 15.4 Å². The summed E-state index contributed by atoms with van der Waals surface area (Å²) in [6, 6.07) is 19.7. The van der Waals surface area contributed by atoms with E-state index in [9.17, 15) is 14.9 Å². The molecule has 0 aliphatic heterocycles. The minimum atomic E-state index is -0.712. The van der Waals surface area contributed by atoms with Crippen LogP contribution in [0.3, 0.4) is 0 Å². The number of hydrogen-bond donors (Lipinski definition) is 2. The van der Waals surface area contributed by atoms with E-state index in [-0.39, 0.29) is 24.5 Å². The fourth-order valence-corrected chi connectivity index (χ4v) is 3.62. The molecule has 2 N–H and O–H groups in total. The lowest BCUT2D eigenvalue weighted by atomic mass is 9.83. The van der Waals surface area contributed by atoms with E-state index < -0.39 is 12.1 Å². The molecule has 2 aromatic carbocycles. The third-order valence-electron chi connectivity index (χ3n) is 5.17. The SMILES string of the molecule is N#CC(NC(=O)C1CCCCC1NC(=O)OCc1ccccc1)c1ccccc1. The fraction of sp³-hybridized carbons (Fsp3) is 0.348. The number of nitrogens with zero attached hydrogens (tertiary/aromatic N) is 1. The number of rotatable bonds is 6. The number of ether oxygens (including phenoxy) is 1. The number of hydrogen-bond acceptors (Lipinski definition) is 4. The van der Waals surface area contributed by atoms with Gasteiger partial charge in [0.15, 0.2) is 0 Å². The Labute approximate surface area is 170 Å². The Morgan fingerprint density at radius 3 is 2.38 bits per heavy atom. The van der Waals surface area contributed by atoms with Gasteiger partial charge >= 0.3 is 6.09 Å². The summed E-state index contributed by atoms with van der Waals surface area (Å²) < 4.78 is 5.30. The van der Waals surface area contributed by atoms with E-state index in [0.29, 0.717) is 12.8 Å². The molecule has 1 saturated carbocycles. The quantitative estimate of drug-likeness (QED) is 0.782. The van der Waals surface area contributed by atoms with Crippen LogP contribution >= 0.6 is 0 Å². The molecule has 3 rings (SSSR count). The summed E-state index contributed by atoms with van der Waals surface area (Å²) in [6.45, 7) is 0.181. The van der Waals surface area contributed by atoms with Crippen LogP contribution in [0.15, 0.2) is 60.7 Å². The van der Waals surface area contributed by atoms with Gasteiger partial charge in [0, 0.05) is 6.04 Å². The number of alkyl carbamates (subject to hydrolysis) is 1. The van der Waals surface area contributed by atoms with E-state index in [0.717, 1.165) is 24.0 Å². The zero-order valence-electron chi connectivity index (χ0n) is 16.2. The van der Waals surface area contributed by atoms with Gasteiger partial charge in [-0.1, -0.05) is 73.5 Å². The van der Waals surface area contributed by atoms with E-state index in [1.807, 2.05) is 60.7 Å². The Hall–Kier alpha value is -3.33. The fourth-order valence-electron chi connectivity index (χ4n) is 3.62. The molecular weight excluding hydrogens is 366 g/mol. The third kappa shape index (κ3) is 5.82. The maximum Gasteiger partial charge on any atom is 0.407 e. The molecule has 0 heterocycles. The summed E-state index contributed by atoms with van der Waals surface area (Å²) in [4.78, 5) is 25.1. The van der Waals surface area contributed by atoms with Gasteiger partial charge in [0.2, 0.25) is 5.91 Å². The Kier molecular flexibility index (Phi) is 7.23. The molecule has 2 amide bonds. The number of nitrogens with one attached hydrogen (secondary N) is 2. The molecule has 3 atom stereocenters. The molecule has 0 aromatic heterocycles. The number of benzene rings is 2. The zero-order valence-corrected chi connectivity index (χ0v) is 16.2. The third-order valence-corrected chi connectivity index (χ3v) is 5.17. The summed E-state index contributed by atoms with van der Waals surface area (Å²) in [5, 5.41) is 15.1. The predicted molar refractivity (Wildman–Crippen MR) is 108 cm³/mol. The normalized spacial score (nSPS) is 19.4. The Balaban J connectivity index is 1.57. The van der Waals surface area contributed by atoms with E-state index in [1.54, 1.807) is 0 Å². The first kappa shape index (κ1) is 20.4. The minimum Gasteiger partial charge on any atom is -0.445 e. The molecule has 0 saturated heterocycles. The van der Waals surface area contributed by atoms with Crippen LogP contribution in [0, 0.1) is 17.2 Å². The zero-order chi connectivity index (χ0) is 20.5. The molecule has 0 bridgehead atoms. The highest BCUT2D eigenvalue weighted by Gasteiger charge is 2.33. The van der Waals surface area contributed by atoms with Crippen LogP contribution in [0.4, 0.5) is 4.79 Å². The van der Waals surface area contributed by atoms with Crippen molar-refractivity contribution in [3.8, 4) is 6.07 Å². The maximum absolute atomic E-state index is 12.9. The van der Waals surface area contributed by atoms with Crippen molar-refractivity contribution in [2.24, 2.45) is 5.92 Å². The van der Waals surface area contributed by atoms with Gasteiger partial charge in [-0.3, -0.25) is 4.79 Å². The average Bonchev–Trinajstić information content (AvgIpc) is 2.77. The highest BCUT2D eigenvalue weighted by Crippen LogP contribution is 2.26. The Morgan fingerprint density at radius 1 is 1.03 bits per heavy atom. The first-order valence-corrected chi connectivity index (χ1v) is 9.89. The molecular formula is C23H25N3O3. The van der Waals surface area contributed by atoms with Crippen molar-refractivity contribution in [1.82, 2.24) is 10.6 Å². The van der Waals surface area contributed by atoms with Crippen LogP contribution in [0.5, 0.6) is 0 Å². The summed E-state index contributed by atoms with van der Waals surface area (Å²) in [6.07, 6.45) is 2.70. The second-order valence-corrected chi connectivity index (χ2v) is 7.18. The number of carbonyl (C=O) groups is 2. The highest BCUT2D eigenvalue weighted by molar-refractivity contribution is 5.81. The topological polar surface area (TPSA) is 91.2 Å². The molecule has 1 fully saturated rings. The molecule has 3 unspecified atom stereocenters. The maximum atomic E-state index is 12.9. The monoisotopic (exact) mass is 391 g/mol. The molecule has 6 heteroatoms. The highest BCUT2D eigenvalue weighted by atomic mass is 16.5. The van der Waals surface area contributed by atoms with Gasteiger partial charge in [-0.15, -0.1) is 0 Å². The van der Waals surface area contributed by atoms with Crippen LogP contribution < -0.4 is 10.6 Å². The lowest BCUT2D eigenvalue weighted by Crippen LogP contribution is -2.49. The standard InChI is InChI=1S/C23H25N3O3/c24-15-21(18-11-5-2-6-12-18)25-22(27)19-13-7-8-14-20(19)26-23(28)29-16-17-9-3-1-4-10-17/h1-6,9-12,19-21H,7-8,13-14,16H2,(H,25,27)(H,26,28). The predicted octanol–water partition coefficient (Wildman–Crippen LogP) is 3.85. The van der Waals surface area contributed by atoms with Crippen LogP contribution in [-0.4, -0.2) is 18.0 Å². The molecule has 150 valence electrons. The summed E-state index contributed by atoms with van der Waals surface area (Å²) >= 11 is 0. The van der Waals surface area contributed by atoms with Crippen molar-refractivity contribution in [1.29, 1.82) is 5.26 Å². The first-order chi connectivity index (χ1) is 14.2. The first-order valence-electron chi connectivity index (χ1n) is 9.89. The molecule has 29 heavy (non-hydrogen) atoms. The van der Waals surface area contributed by atoms with Gasteiger partial charge in [0.05, 0.1) is 12.0 Å². The van der Waals surface area contributed by atoms with Crippen molar-refractivity contribution >= 4 is 12.0 Å². The van der Waals surface area contributed by atoms with E-state index in [2.05, 4.69) is 16.7 Å². The van der Waals surface area contributed by atoms with E-state index >= 15 is 0 Å². The van der Waals surface area contributed by atoms with Crippen molar-refractivity contribution in [2.75, 3.05) is 0 Å². The van der Waals surface area contributed by atoms with Crippen molar-refractivity contribution in [2.45, 2.75) is 44.4 Å². The molecule has 2 aromatic rings. The summed E-state index contributed by atoms with van der Waals surface area (Å²) in [5.74, 6) is -0.596. The van der Waals surface area contributed by atoms with Gasteiger partial charge in [-0.05, 0) is 24.0 Å². The summed E-state index contributed by atoms with van der Waals surface area (Å²) in [7, 11) is 0. The number of amides is 2. The minimum absolute atomic E-state index is 0.181. The van der Waals surface area contributed by atoms with E-state index in [4.69, 9.17) is 4.74 Å². The van der Waals surface area contributed by atoms with Crippen LogP contribution in [-0.2, 0) is 16.1 Å². The number of nitriles is 1. The second-order valence-electron chi connectivity index (χ2n) is 7.18. The van der Waals surface area contributed by atoms with Crippen LogP contribution in [0.2, 0.25) is 0 Å². The molecule has 0 spiro atoms. The lowest BCUT2D eigenvalue weighted by molar-refractivity contribution is -0.127. The van der Waals surface area contributed by atoms with Crippen molar-refractivity contribution in [3.63, 3.8) is 0 Å². The van der Waals surface area contributed by atoms with Gasteiger partial charge in [-0.25, -0.2) is 4.79 Å². The largest absolute Gasteiger partial charge is 0.445 e. The summed E-state index contributed by atoms with van der Waals surface area (Å²) in [5.41, 5.74) is 1.64. The van der Waals surface area contributed by atoms with Crippen LogP contribution in [0.25, 0.3) is 0 Å². The average molecular weight is 391 g/mol. The Morgan fingerprint density at radius 2 is 1.69 bits per heavy atom. The Bertz CT molecular complexity index is 849. The van der Waals surface area contributed by atoms with Crippen LogP contribution in [0.1, 0.15) is 42.9 Å². The van der Waals surface area contributed by atoms with Gasteiger partial charge in [0.25, 0.3) is 0 Å². The second kappa shape index (κ2) is 10.3. The number of carbonyl (C=O) groups excluding carboxylic acids is 2. The lowest BCUT2D eigenvalue weighted by Gasteiger charge is -2.31. The van der Waals surface area contributed by atoms with E-state index in [1.165, 1.54) is 0 Å². The molecule has 1 aliphatic carbocycles. The van der Waals surface area contributed by atoms with Gasteiger partial charge in [0.1, 0.15) is 12.6 Å².